The van der Waals surface area contributed by atoms with E-state index >= 15 is 0 Å². The smallest absolute Gasteiger partial charge is 0.123 e. The van der Waals surface area contributed by atoms with E-state index in [1.807, 2.05) is 48.5 Å². The third-order valence-corrected chi connectivity index (χ3v) is 4.11. The Morgan fingerprint density at radius 2 is 1.05 bits per heavy atom. The maximum atomic E-state index is 5.58. The van der Waals surface area contributed by atoms with Crippen molar-refractivity contribution in [2.24, 2.45) is 5.92 Å². The summed E-state index contributed by atoms with van der Waals surface area (Å²) >= 11 is 0. The maximum absolute atomic E-state index is 5.58. The normalized spacial score (nSPS) is 21.8. The van der Waals surface area contributed by atoms with E-state index in [0.29, 0.717) is 0 Å². The fourth-order valence-electron chi connectivity index (χ4n) is 2.76. The van der Waals surface area contributed by atoms with E-state index < -0.39 is 0 Å². The summed E-state index contributed by atoms with van der Waals surface area (Å²) in [6, 6.07) is 15.8. The van der Waals surface area contributed by atoms with Crippen LogP contribution >= 0.6 is 0 Å². The molecule has 2 aromatic rings. The number of hydrogen-bond donors (Lipinski definition) is 0. The zero-order chi connectivity index (χ0) is 15.5. The molecule has 0 bridgehead atoms. The lowest BCUT2D eigenvalue weighted by molar-refractivity contribution is -0.300. The Balaban J connectivity index is 1.76. The molecule has 1 fully saturated rings. The van der Waals surface area contributed by atoms with Crippen molar-refractivity contribution in [1.29, 1.82) is 0 Å². The van der Waals surface area contributed by atoms with Gasteiger partial charge in [-0.2, -0.15) is 0 Å². The highest BCUT2D eigenvalue weighted by Crippen LogP contribution is 2.44. The number of benzene rings is 2. The van der Waals surface area contributed by atoms with E-state index in [-0.39, 0.29) is 18.1 Å². The highest BCUT2D eigenvalue weighted by molar-refractivity contribution is 5.32. The minimum atomic E-state index is -0.0852. The van der Waals surface area contributed by atoms with Crippen LogP contribution in [0.15, 0.2) is 48.5 Å². The van der Waals surface area contributed by atoms with Crippen LogP contribution in [0.2, 0.25) is 0 Å². The zero-order valence-corrected chi connectivity index (χ0v) is 13.0. The van der Waals surface area contributed by atoms with Gasteiger partial charge in [-0.05, 0) is 35.4 Å². The van der Waals surface area contributed by atoms with Gasteiger partial charge in [0.25, 0.3) is 0 Å². The van der Waals surface area contributed by atoms with Crippen molar-refractivity contribution in [2.75, 3.05) is 14.2 Å². The fraction of sp³-hybridized carbons (Fsp3) is 0.333. The Labute approximate surface area is 130 Å². The van der Waals surface area contributed by atoms with E-state index in [1.54, 1.807) is 14.2 Å². The molecule has 22 heavy (non-hydrogen) atoms. The first-order chi connectivity index (χ1) is 10.7. The van der Waals surface area contributed by atoms with E-state index in [1.165, 1.54) is 0 Å². The Hall–Kier alpha value is -2.04. The predicted octanol–water partition coefficient (Wildman–Crippen LogP) is 4.08. The molecule has 2 atom stereocenters. The molecule has 1 aliphatic rings. The van der Waals surface area contributed by atoms with Crippen LogP contribution in [0.3, 0.4) is 0 Å². The van der Waals surface area contributed by atoms with Gasteiger partial charge in [0.1, 0.15) is 23.7 Å². The number of rotatable bonds is 4. The highest BCUT2D eigenvalue weighted by atomic mass is 17.2. The third kappa shape index (κ3) is 2.80. The van der Waals surface area contributed by atoms with Crippen LogP contribution in [0, 0.1) is 5.92 Å². The summed E-state index contributed by atoms with van der Waals surface area (Å²) in [5, 5.41) is 0. The van der Waals surface area contributed by atoms with E-state index in [4.69, 9.17) is 19.2 Å². The first-order valence-electron chi connectivity index (χ1n) is 7.33. The van der Waals surface area contributed by atoms with Crippen molar-refractivity contribution in [3.05, 3.63) is 59.7 Å². The SMILES string of the molecule is COc1ccc([C@H]2OO[C@H](c3ccc(OC)cc3)C2C)cc1. The van der Waals surface area contributed by atoms with Gasteiger partial charge in [-0.3, -0.25) is 0 Å². The summed E-state index contributed by atoms with van der Waals surface area (Å²) < 4.78 is 10.4. The Bertz CT molecular complexity index is 550. The second-order valence-electron chi connectivity index (χ2n) is 5.44. The Kier molecular flexibility index (Phi) is 4.32. The van der Waals surface area contributed by atoms with Crippen molar-refractivity contribution in [2.45, 2.75) is 19.1 Å². The van der Waals surface area contributed by atoms with Crippen LogP contribution in [0.5, 0.6) is 11.5 Å². The van der Waals surface area contributed by atoms with Crippen LogP contribution in [0.4, 0.5) is 0 Å². The van der Waals surface area contributed by atoms with Gasteiger partial charge >= 0.3 is 0 Å². The van der Waals surface area contributed by atoms with Gasteiger partial charge in [0.2, 0.25) is 0 Å². The van der Waals surface area contributed by atoms with E-state index in [9.17, 15) is 0 Å². The second-order valence-corrected chi connectivity index (χ2v) is 5.44. The average Bonchev–Trinajstić information content (AvgIpc) is 2.96. The standard InChI is InChI=1S/C18H20O4/c1-12-17(13-4-8-15(19-2)9-5-13)21-22-18(12)14-6-10-16(20-3)11-7-14/h4-12,17-18H,1-3H3/t17-,18-/m0/s1. The van der Waals surface area contributed by atoms with Gasteiger partial charge < -0.3 is 9.47 Å². The van der Waals surface area contributed by atoms with Crippen molar-refractivity contribution in [3.8, 4) is 11.5 Å². The lowest BCUT2D eigenvalue weighted by atomic mass is 9.89. The van der Waals surface area contributed by atoms with Crippen LogP contribution < -0.4 is 9.47 Å². The van der Waals surface area contributed by atoms with Crippen molar-refractivity contribution in [1.82, 2.24) is 0 Å². The zero-order valence-electron chi connectivity index (χ0n) is 13.0. The third-order valence-electron chi connectivity index (χ3n) is 4.11. The van der Waals surface area contributed by atoms with Gasteiger partial charge in [-0.1, -0.05) is 31.2 Å². The summed E-state index contributed by atoms with van der Waals surface area (Å²) in [4.78, 5) is 11.2. The summed E-state index contributed by atoms with van der Waals surface area (Å²) in [5.74, 6) is 1.88. The number of hydrogen-bond acceptors (Lipinski definition) is 4. The van der Waals surface area contributed by atoms with Crippen molar-refractivity contribution in [3.63, 3.8) is 0 Å². The van der Waals surface area contributed by atoms with Gasteiger partial charge in [0.05, 0.1) is 14.2 Å². The molecule has 0 amide bonds. The molecule has 3 rings (SSSR count). The minimum Gasteiger partial charge on any atom is -0.497 e. The topological polar surface area (TPSA) is 36.9 Å². The van der Waals surface area contributed by atoms with E-state index in [2.05, 4.69) is 6.92 Å². The van der Waals surface area contributed by atoms with Gasteiger partial charge in [-0.15, -0.1) is 0 Å². The molecule has 1 heterocycles. The summed E-state index contributed by atoms with van der Waals surface area (Å²) in [6.07, 6.45) is -0.170. The Morgan fingerprint density at radius 1 is 0.682 bits per heavy atom. The van der Waals surface area contributed by atoms with Gasteiger partial charge in [0.15, 0.2) is 0 Å². The molecule has 0 unspecified atom stereocenters. The molecule has 4 heteroatoms. The van der Waals surface area contributed by atoms with Gasteiger partial charge in [0, 0.05) is 5.92 Å². The molecule has 1 aliphatic heterocycles. The van der Waals surface area contributed by atoms with Crippen LogP contribution in [-0.4, -0.2) is 14.2 Å². The van der Waals surface area contributed by atoms with Crippen molar-refractivity contribution >= 4 is 0 Å². The summed E-state index contributed by atoms with van der Waals surface area (Å²) in [6.45, 7) is 2.14. The second kappa shape index (κ2) is 6.38. The lowest BCUT2D eigenvalue weighted by Gasteiger charge is -2.16. The highest BCUT2D eigenvalue weighted by Gasteiger charge is 2.38. The predicted molar refractivity (Wildman–Crippen MR) is 82.8 cm³/mol. The fourth-order valence-corrected chi connectivity index (χ4v) is 2.76. The summed E-state index contributed by atoms with van der Waals surface area (Å²) in [7, 11) is 3.32. The summed E-state index contributed by atoms with van der Waals surface area (Å²) in [5.41, 5.74) is 2.17. The average molecular weight is 300 g/mol. The molecule has 0 spiro atoms. The molecule has 0 aliphatic carbocycles. The number of ether oxygens (including phenoxy) is 2. The number of methoxy groups -OCH3 is 2. The quantitative estimate of drug-likeness (QED) is 0.797. The molecule has 0 N–H and O–H groups in total. The maximum Gasteiger partial charge on any atom is 0.123 e. The molecular formula is C18H20O4. The largest absolute Gasteiger partial charge is 0.497 e. The Morgan fingerprint density at radius 3 is 1.36 bits per heavy atom. The van der Waals surface area contributed by atoms with Crippen LogP contribution in [-0.2, 0) is 9.78 Å². The van der Waals surface area contributed by atoms with E-state index in [0.717, 1.165) is 22.6 Å². The molecule has 0 saturated carbocycles. The first kappa shape index (κ1) is 14.9. The lowest BCUT2D eigenvalue weighted by Crippen LogP contribution is -2.09. The molecule has 2 aromatic carbocycles. The molecule has 116 valence electrons. The molecule has 1 saturated heterocycles. The molecular weight excluding hydrogens is 280 g/mol. The molecule has 4 nitrogen and oxygen atoms in total. The molecule has 0 aromatic heterocycles. The van der Waals surface area contributed by atoms with Crippen LogP contribution in [0.25, 0.3) is 0 Å². The van der Waals surface area contributed by atoms with Crippen LogP contribution in [0.1, 0.15) is 30.3 Å². The van der Waals surface area contributed by atoms with Crippen molar-refractivity contribution < 1.29 is 19.2 Å². The minimum absolute atomic E-state index is 0.0852. The monoisotopic (exact) mass is 300 g/mol. The molecule has 0 radical (unpaired) electrons. The first-order valence-corrected chi connectivity index (χ1v) is 7.33. The van der Waals surface area contributed by atoms with Gasteiger partial charge in [-0.25, -0.2) is 9.78 Å².